The Balaban J connectivity index is 2.13. The predicted molar refractivity (Wildman–Crippen MR) is 81.5 cm³/mol. The first-order chi connectivity index (χ1) is 9.40. The van der Waals surface area contributed by atoms with Gasteiger partial charge in [0.2, 0.25) is 0 Å². The molecule has 2 atom stereocenters. The number of rotatable bonds is 1. The van der Waals surface area contributed by atoms with Gasteiger partial charge in [0.15, 0.2) is 11.5 Å². The van der Waals surface area contributed by atoms with Gasteiger partial charge in [-0.15, -0.1) is 0 Å². The second-order valence-electron chi connectivity index (χ2n) is 7.49. The van der Waals surface area contributed by atoms with Crippen molar-refractivity contribution in [1.29, 1.82) is 0 Å². The van der Waals surface area contributed by atoms with Gasteiger partial charge in [-0.05, 0) is 54.1 Å². The molecule has 0 heterocycles. The molecular formula is C18H26O2. The van der Waals surface area contributed by atoms with E-state index in [1.165, 1.54) is 31.2 Å². The molecule has 1 saturated carbocycles. The second-order valence-corrected chi connectivity index (χ2v) is 7.49. The van der Waals surface area contributed by atoms with Crippen molar-refractivity contribution < 1.29 is 9.84 Å². The van der Waals surface area contributed by atoms with Crippen molar-refractivity contribution in [1.82, 2.24) is 0 Å². The number of phenols is 1. The fourth-order valence-electron chi connectivity index (χ4n) is 5.01. The largest absolute Gasteiger partial charge is 0.504 e. The number of fused-ring (bicyclic) bond motifs is 3. The van der Waals surface area contributed by atoms with Crippen LogP contribution in [-0.2, 0) is 11.8 Å². The molecule has 1 N–H and O–H groups in total. The third-order valence-corrected chi connectivity index (χ3v) is 5.99. The van der Waals surface area contributed by atoms with Crippen molar-refractivity contribution in [3.05, 3.63) is 23.3 Å². The lowest BCUT2D eigenvalue weighted by atomic mass is 9.50. The molecule has 2 aliphatic carbocycles. The quantitative estimate of drug-likeness (QED) is 0.821. The molecule has 2 aliphatic rings. The summed E-state index contributed by atoms with van der Waals surface area (Å²) in [5.74, 6) is 1.69. The van der Waals surface area contributed by atoms with Crippen LogP contribution in [0.5, 0.6) is 11.5 Å². The molecule has 0 aromatic heterocycles. The highest BCUT2D eigenvalue weighted by Gasteiger charge is 2.50. The summed E-state index contributed by atoms with van der Waals surface area (Å²) < 4.78 is 5.27. The van der Waals surface area contributed by atoms with Crippen molar-refractivity contribution >= 4 is 0 Å². The van der Waals surface area contributed by atoms with E-state index in [9.17, 15) is 5.11 Å². The Morgan fingerprint density at radius 2 is 1.95 bits per heavy atom. The standard InChI is InChI=1S/C18H26O2/c1-17(2)10-5-11-18(3)13-7-8-14(20-4)16(19)12(13)6-9-15(17)18/h7-8,15,19H,5-6,9-11H2,1-4H3. The minimum Gasteiger partial charge on any atom is -0.504 e. The summed E-state index contributed by atoms with van der Waals surface area (Å²) in [6.45, 7) is 7.25. The van der Waals surface area contributed by atoms with E-state index in [1.807, 2.05) is 6.07 Å². The van der Waals surface area contributed by atoms with Gasteiger partial charge < -0.3 is 9.84 Å². The Bertz CT molecular complexity index is 532. The average Bonchev–Trinajstić information content (AvgIpc) is 2.38. The summed E-state index contributed by atoms with van der Waals surface area (Å²) in [6, 6.07) is 4.13. The van der Waals surface area contributed by atoms with E-state index in [-0.39, 0.29) is 5.41 Å². The van der Waals surface area contributed by atoms with Crippen LogP contribution in [0.4, 0.5) is 0 Å². The molecule has 1 fully saturated rings. The first-order valence-electron chi connectivity index (χ1n) is 7.79. The monoisotopic (exact) mass is 274 g/mol. The van der Waals surface area contributed by atoms with Crippen LogP contribution < -0.4 is 4.74 Å². The van der Waals surface area contributed by atoms with Crippen molar-refractivity contribution in [3.63, 3.8) is 0 Å². The Morgan fingerprint density at radius 3 is 2.65 bits per heavy atom. The Morgan fingerprint density at radius 1 is 1.20 bits per heavy atom. The maximum atomic E-state index is 10.4. The van der Waals surface area contributed by atoms with Gasteiger partial charge in [0.1, 0.15) is 0 Å². The van der Waals surface area contributed by atoms with Gasteiger partial charge in [0.25, 0.3) is 0 Å². The Hall–Kier alpha value is -1.18. The molecule has 20 heavy (non-hydrogen) atoms. The summed E-state index contributed by atoms with van der Waals surface area (Å²) >= 11 is 0. The van der Waals surface area contributed by atoms with Gasteiger partial charge >= 0.3 is 0 Å². The van der Waals surface area contributed by atoms with Crippen LogP contribution >= 0.6 is 0 Å². The topological polar surface area (TPSA) is 29.5 Å². The van der Waals surface area contributed by atoms with Crippen LogP contribution in [0.3, 0.4) is 0 Å². The van der Waals surface area contributed by atoms with Gasteiger partial charge in [-0.1, -0.05) is 33.3 Å². The molecule has 0 aliphatic heterocycles. The van der Waals surface area contributed by atoms with Crippen LogP contribution in [-0.4, -0.2) is 12.2 Å². The van der Waals surface area contributed by atoms with Crippen LogP contribution in [0, 0.1) is 11.3 Å². The summed E-state index contributed by atoms with van der Waals surface area (Å²) in [4.78, 5) is 0. The molecule has 1 aromatic carbocycles. The van der Waals surface area contributed by atoms with Gasteiger partial charge in [0.05, 0.1) is 7.11 Å². The van der Waals surface area contributed by atoms with E-state index in [2.05, 4.69) is 26.8 Å². The number of hydrogen-bond acceptors (Lipinski definition) is 2. The summed E-state index contributed by atoms with van der Waals surface area (Å²) in [5.41, 5.74) is 3.10. The molecule has 2 unspecified atom stereocenters. The lowest BCUT2D eigenvalue weighted by Crippen LogP contribution is -2.47. The van der Waals surface area contributed by atoms with Crippen LogP contribution in [0.2, 0.25) is 0 Å². The van der Waals surface area contributed by atoms with Crippen molar-refractivity contribution in [2.24, 2.45) is 11.3 Å². The number of phenolic OH excluding ortho intramolecular Hbond substituents is 1. The zero-order valence-electron chi connectivity index (χ0n) is 13.1. The number of methoxy groups -OCH3 is 1. The normalized spacial score (nSPS) is 31.3. The molecule has 2 nitrogen and oxygen atoms in total. The van der Waals surface area contributed by atoms with E-state index in [4.69, 9.17) is 4.74 Å². The van der Waals surface area contributed by atoms with Crippen LogP contribution in [0.25, 0.3) is 0 Å². The fraction of sp³-hybridized carbons (Fsp3) is 0.667. The van der Waals surface area contributed by atoms with Crippen molar-refractivity contribution in [3.8, 4) is 11.5 Å². The second kappa shape index (κ2) is 4.41. The van der Waals surface area contributed by atoms with Gasteiger partial charge in [-0.2, -0.15) is 0 Å². The molecule has 2 heteroatoms. The minimum atomic E-state index is 0.207. The average molecular weight is 274 g/mol. The van der Waals surface area contributed by atoms with Gasteiger partial charge in [-0.25, -0.2) is 0 Å². The van der Waals surface area contributed by atoms with Crippen molar-refractivity contribution in [2.45, 2.75) is 58.3 Å². The third-order valence-electron chi connectivity index (χ3n) is 5.99. The molecular weight excluding hydrogens is 248 g/mol. The molecule has 0 saturated heterocycles. The third kappa shape index (κ3) is 1.77. The van der Waals surface area contributed by atoms with Crippen LogP contribution in [0.15, 0.2) is 12.1 Å². The number of hydrogen-bond donors (Lipinski definition) is 1. The first-order valence-corrected chi connectivity index (χ1v) is 7.79. The highest BCUT2D eigenvalue weighted by atomic mass is 16.5. The van der Waals surface area contributed by atoms with E-state index < -0.39 is 0 Å². The molecule has 1 aromatic rings. The van der Waals surface area contributed by atoms with E-state index in [0.29, 0.717) is 22.8 Å². The lowest BCUT2D eigenvalue weighted by Gasteiger charge is -2.54. The molecule has 0 radical (unpaired) electrons. The zero-order valence-corrected chi connectivity index (χ0v) is 13.1. The molecule has 0 spiro atoms. The molecule has 110 valence electrons. The molecule has 0 amide bonds. The highest BCUT2D eigenvalue weighted by molar-refractivity contribution is 5.53. The highest BCUT2D eigenvalue weighted by Crippen LogP contribution is 2.58. The Labute approximate surface area is 122 Å². The number of benzene rings is 1. The van der Waals surface area contributed by atoms with Crippen LogP contribution in [0.1, 0.15) is 57.6 Å². The van der Waals surface area contributed by atoms with Gasteiger partial charge in [-0.3, -0.25) is 0 Å². The fourth-order valence-corrected chi connectivity index (χ4v) is 5.01. The summed E-state index contributed by atoms with van der Waals surface area (Å²) in [5, 5.41) is 10.4. The lowest BCUT2D eigenvalue weighted by molar-refractivity contribution is 0.0401. The molecule has 0 bridgehead atoms. The van der Waals surface area contributed by atoms with Gasteiger partial charge in [0, 0.05) is 5.56 Å². The summed E-state index contributed by atoms with van der Waals surface area (Å²) in [6.07, 6.45) is 6.00. The predicted octanol–water partition coefficient (Wildman–Crippen LogP) is 4.43. The van der Waals surface area contributed by atoms with E-state index in [0.717, 1.165) is 12.0 Å². The summed E-state index contributed by atoms with van der Waals surface area (Å²) in [7, 11) is 1.62. The van der Waals surface area contributed by atoms with E-state index in [1.54, 1.807) is 7.11 Å². The Kier molecular flexibility index (Phi) is 3.04. The molecule has 3 rings (SSSR count). The van der Waals surface area contributed by atoms with Crippen molar-refractivity contribution in [2.75, 3.05) is 7.11 Å². The minimum absolute atomic E-state index is 0.207. The smallest absolute Gasteiger partial charge is 0.161 e. The zero-order chi connectivity index (χ0) is 14.5. The number of aromatic hydroxyl groups is 1. The number of ether oxygens (including phenoxy) is 1. The maximum Gasteiger partial charge on any atom is 0.161 e. The maximum absolute atomic E-state index is 10.4. The SMILES string of the molecule is COc1ccc2c(c1O)CCC1C(C)(C)CCCC21C. The first kappa shape index (κ1) is 13.8. The van der Waals surface area contributed by atoms with E-state index >= 15 is 0 Å².